The average molecular weight is 527 g/mol. The number of allylic oxidation sites excluding steroid dienone is 4. The van der Waals surface area contributed by atoms with E-state index in [0.717, 1.165) is 6.07 Å². The predicted octanol–water partition coefficient (Wildman–Crippen LogP) is 5.92. The summed E-state index contributed by atoms with van der Waals surface area (Å²) in [6.45, 7) is 8.33. The Morgan fingerprint density at radius 1 is 1.24 bits per heavy atom. The molecule has 1 atom stereocenters. The Kier molecular flexibility index (Phi) is 8.01. The summed E-state index contributed by atoms with van der Waals surface area (Å²) < 4.78 is 52.0. The van der Waals surface area contributed by atoms with Crippen LogP contribution >= 0.6 is 0 Å². The minimum atomic E-state index is -4.63. The summed E-state index contributed by atoms with van der Waals surface area (Å²) in [4.78, 5) is 23.1. The third-order valence-electron chi connectivity index (χ3n) is 6.27. The van der Waals surface area contributed by atoms with E-state index < -0.39 is 11.9 Å². The molecule has 2 N–H and O–H groups in total. The summed E-state index contributed by atoms with van der Waals surface area (Å²) in [5, 5.41) is 0.351. The van der Waals surface area contributed by atoms with Crippen LogP contribution in [0.25, 0.3) is 22.4 Å². The highest BCUT2D eigenvalue weighted by molar-refractivity contribution is 5.98. The number of ether oxygens (including phenoxy) is 1. The van der Waals surface area contributed by atoms with Gasteiger partial charge in [0.25, 0.3) is 5.91 Å². The molecule has 38 heavy (non-hydrogen) atoms. The normalized spacial score (nSPS) is 15.4. The predicted molar refractivity (Wildman–Crippen MR) is 138 cm³/mol. The Hall–Kier alpha value is -3.92. The molecule has 1 aromatic carbocycles. The third kappa shape index (κ3) is 5.65. The topological polar surface area (TPSA) is 94.5 Å². The zero-order valence-corrected chi connectivity index (χ0v) is 21.2. The summed E-state index contributed by atoms with van der Waals surface area (Å²) in [5.41, 5.74) is 5.30. The SMILES string of the molecule is C=C/C=C\C=C\C1CN(C(=O)c2nc(-c3ccc(OC(C)CC)c4nc(C(F)(F)F)ccc34)oc2CN)C1. The zero-order valence-electron chi connectivity index (χ0n) is 21.2. The van der Waals surface area contributed by atoms with Crippen LogP contribution in [-0.2, 0) is 12.7 Å². The van der Waals surface area contributed by atoms with Gasteiger partial charge in [0.2, 0.25) is 5.89 Å². The van der Waals surface area contributed by atoms with Crippen molar-refractivity contribution in [2.75, 3.05) is 13.1 Å². The van der Waals surface area contributed by atoms with Gasteiger partial charge in [0.15, 0.2) is 11.5 Å². The Morgan fingerprint density at radius 3 is 2.66 bits per heavy atom. The maximum Gasteiger partial charge on any atom is 0.433 e. The lowest BCUT2D eigenvalue weighted by atomic mass is 9.99. The van der Waals surface area contributed by atoms with E-state index in [2.05, 4.69) is 16.5 Å². The van der Waals surface area contributed by atoms with Gasteiger partial charge in [0.05, 0.1) is 12.6 Å². The van der Waals surface area contributed by atoms with Crippen LogP contribution in [0.15, 0.2) is 65.6 Å². The number of carbonyl (C=O) groups is 1. The molecule has 0 aliphatic carbocycles. The summed E-state index contributed by atoms with van der Waals surface area (Å²) in [5.74, 6) is 0.392. The van der Waals surface area contributed by atoms with E-state index in [4.69, 9.17) is 14.9 Å². The van der Waals surface area contributed by atoms with Crippen LogP contribution in [-0.4, -0.2) is 40.0 Å². The number of rotatable bonds is 9. The number of oxazole rings is 1. The van der Waals surface area contributed by atoms with Crippen LogP contribution < -0.4 is 10.5 Å². The second kappa shape index (κ2) is 11.2. The fourth-order valence-electron chi connectivity index (χ4n) is 4.02. The Morgan fingerprint density at radius 2 is 2.00 bits per heavy atom. The lowest BCUT2D eigenvalue weighted by Crippen LogP contribution is -2.49. The van der Waals surface area contributed by atoms with Gasteiger partial charge in [-0.25, -0.2) is 9.97 Å². The standard InChI is InChI=1S/C28H29F3N4O3/c1-4-6-7-8-9-18-15-35(16-18)27(36)25-22(14-32)38-26(34-25)20-10-12-21(37-17(3)5-2)24-19(20)11-13-23(33-24)28(29,30)31/h4,6-13,17-18H,1,5,14-16,32H2,2-3H3/b7-6-,9-8+. The van der Waals surface area contributed by atoms with Crippen LogP contribution in [0.3, 0.4) is 0 Å². The number of pyridine rings is 1. The fraction of sp³-hybridized carbons (Fsp3) is 0.321. The highest BCUT2D eigenvalue weighted by Gasteiger charge is 2.35. The van der Waals surface area contributed by atoms with Gasteiger partial charge in [-0.15, -0.1) is 0 Å². The lowest BCUT2D eigenvalue weighted by Gasteiger charge is -2.37. The van der Waals surface area contributed by atoms with Crippen LogP contribution in [0.5, 0.6) is 5.75 Å². The molecule has 200 valence electrons. The molecule has 7 nitrogen and oxygen atoms in total. The van der Waals surface area contributed by atoms with Crippen molar-refractivity contribution in [3.8, 4) is 17.2 Å². The van der Waals surface area contributed by atoms with E-state index in [1.165, 1.54) is 12.1 Å². The largest absolute Gasteiger partial charge is 0.488 e. The molecule has 1 aliphatic rings. The molecule has 0 bridgehead atoms. The lowest BCUT2D eigenvalue weighted by molar-refractivity contribution is -0.140. The number of benzene rings is 1. The van der Waals surface area contributed by atoms with E-state index in [9.17, 15) is 18.0 Å². The molecule has 0 radical (unpaired) electrons. The third-order valence-corrected chi connectivity index (χ3v) is 6.27. The molecular weight excluding hydrogens is 497 g/mol. The van der Waals surface area contributed by atoms with Gasteiger partial charge in [0, 0.05) is 30.0 Å². The summed E-state index contributed by atoms with van der Waals surface area (Å²) in [6, 6.07) is 5.38. The minimum absolute atomic E-state index is 0.0286. The first-order valence-corrected chi connectivity index (χ1v) is 12.3. The smallest absolute Gasteiger partial charge is 0.433 e. The van der Waals surface area contributed by atoms with Crippen molar-refractivity contribution in [1.29, 1.82) is 0 Å². The van der Waals surface area contributed by atoms with Crippen LogP contribution in [0.4, 0.5) is 13.2 Å². The molecule has 1 unspecified atom stereocenters. The van der Waals surface area contributed by atoms with Crippen molar-refractivity contribution < 1.29 is 27.1 Å². The molecule has 0 saturated carbocycles. The maximum atomic E-state index is 13.4. The van der Waals surface area contributed by atoms with Gasteiger partial charge < -0.3 is 19.8 Å². The first-order chi connectivity index (χ1) is 18.2. The van der Waals surface area contributed by atoms with Gasteiger partial charge >= 0.3 is 6.18 Å². The molecule has 3 aromatic rings. The summed E-state index contributed by atoms with van der Waals surface area (Å²) in [7, 11) is 0. The highest BCUT2D eigenvalue weighted by atomic mass is 19.4. The van der Waals surface area contributed by atoms with Crippen LogP contribution in [0.2, 0.25) is 0 Å². The van der Waals surface area contributed by atoms with E-state index >= 15 is 0 Å². The molecule has 2 aromatic heterocycles. The number of nitrogens with two attached hydrogens (primary N) is 1. The minimum Gasteiger partial charge on any atom is -0.488 e. The summed E-state index contributed by atoms with van der Waals surface area (Å²) in [6.07, 6.45) is 5.08. The number of likely N-dealkylation sites (tertiary alicyclic amines) is 1. The van der Waals surface area contributed by atoms with Gasteiger partial charge in [-0.1, -0.05) is 43.9 Å². The second-order valence-electron chi connectivity index (χ2n) is 9.01. The Balaban J connectivity index is 1.67. The van der Waals surface area contributed by atoms with Crippen molar-refractivity contribution in [2.24, 2.45) is 11.7 Å². The number of hydrogen-bond donors (Lipinski definition) is 1. The van der Waals surface area contributed by atoms with Crippen LogP contribution in [0, 0.1) is 5.92 Å². The first-order valence-electron chi connectivity index (χ1n) is 12.3. The van der Waals surface area contributed by atoms with E-state index in [1.54, 1.807) is 17.0 Å². The molecular formula is C28H29F3N4O3. The van der Waals surface area contributed by atoms with Crippen molar-refractivity contribution in [3.05, 3.63) is 78.4 Å². The van der Waals surface area contributed by atoms with Gasteiger partial charge in [-0.05, 0) is 37.6 Å². The van der Waals surface area contributed by atoms with E-state index in [-0.39, 0.29) is 53.1 Å². The highest BCUT2D eigenvalue weighted by Crippen LogP contribution is 2.37. The monoisotopic (exact) mass is 526 g/mol. The Bertz CT molecular complexity index is 1390. The van der Waals surface area contributed by atoms with Crippen LogP contribution in [0.1, 0.15) is 42.2 Å². The number of halogens is 3. The molecule has 1 aliphatic heterocycles. The van der Waals surface area contributed by atoms with Gasteiger partial charge in [-0.2, -0.15) is 13.2 Å². The van der Waals surface area contributed by atoms with Gasteiger partial charge in [0.1, 0.15) is 17.0 Å². The average Bonchev–Trinajstić information content (AvgIpc) is 3.30. The van der Waals surface area contributed by atoms with Crippen molar-refractivity contribution in [2.45, 2.75) is 39.1 Å². The molecule has 4 rings (SSSR count). The molecule has 1 amide bonds. The molecule has 10 heteroatoms. The summed E-state index contributed by atoms with van der Waals surface area (Å²) >= 11 is 0. The number of amides is 1. The van der Waals surface area contributed by atoms with E-state index in [1.807, 2.05) is 38.2 Å². The number of aromatic nitrogens is 2. The zero-order chi connectivity index (χ0) is 27.4. The second-order valence-corrected chi connectivity index (χ2v) is 9.01. The fourth-order valence-corrected chi connectivity index (χ4v) is 4.02. The van der Waals surface area contributed by atoms with Crippen molar-refractivity contribution >= 4 is 16.8 Å². The first kappa shape index (κ1) is 27.1. The van der Waals surface area contributed by atoms with E-state index in [0.29, 0.717) is 30.5 Å². The molecule has 1 saturated heterocycles. The maximum absolute atomic E-state index is 13.4. The number of nitrogens with zero attached hydrogens (tertiary/aromatic N) is 3. The Labute approximate surface area is 218 Å². The number of hydrogen-bond acceptors (Lipinski definition) is 6. The number of alkyl halides is 3. The molecule has 0 spiro atoms. The number of fused-ring (bicyclic) bond motifs is 1. The van der Waals surface area contributed by atoms with Crippen molar-refractivity contribution in [3.63, 3.8) is 0 Å². The number of carbonyl (C=O) groups excluding carboxylic acids is 1. The quantitative estimate of drug-likeness (QED) is 0.348. The molecule has 1 fully saturated rings. The molecule has 3 heterocycles. The van der Waals surface area contributed by atoms with Gasteiger partial charge in [-0.3, -0.25) is 4.79 Å². The van der Waals surface area contributed by atoms with Crippen molar-refractivity contribution in [1.82, 2.24) is 14.9 Å².